The molecule has 6 nitrogen and oxygen atoms in total. The molecule has 0 fully saturated rings. The molecule has 0 aromatic heterocycles. The smallest absolute Gasteiger partial charge is 0.305 e. The van der Waals surface area contributed by atoms with Crippen LogP contribution in [0.1, 0.15) is 17.5 Å². The summed E-state index contributed by atoms with van der Waals surface area (Å²) in [6.07, 6.45) is 2.81. The van der Waals surface area contributed by atoms with E-state index in [1.165, 1.54) is 7.11 Å². The van der Waals surface area contributed by atoms with Crippen LogP contribution in [0.15, 0.2) is 53.6 Å². The number of nitrogens with zero attached hydrogens (tertiary/aromatic N) is 4. The Morgan fingerprint density at radius 1 is 1.16 bits per heavy atom. The van der Waals surface area contributed by atoms with Crippen molar-refractivity contribution in [2.75, 3.05) is 23.7 Å². The van der Waals surface area contributed by atoms with Gasteiger partial charge in [-0.3, -0.25) is 4.79 Å². The van der Waals surface area contributed by atoms with Crippen LogP contribution in [-0.2, 0) is 16.0 Å². The zero-order valence-electron chi connectivity index (χ0n) is 13.9. The highest BCUT2D eigenvalue weighted by Gasteiger charge is 2.17. The highest BCUT2D eigenvalue weighted by Crippen LogP contribution is 2.23. The van der Waals surface area contributed by atoms with E-state index in [9.17, 15) is 4.79 Å². The normalized spacial score (nSPS) is 13.0. The van der Waals surface area contributed by atoms with E-state index in [0.717, 1.165) is 16.9 Å². The summed E-state index contributed by atoms with van der Waals surface area (Å²) in [5.74, 6) is -0.203. The van der Waals surface area contributed by atoms with Crippen molar-refractivity contribution < 1.29 is 9.53 Å². The summed E-state index contributed by atoms with van der Waals surface area (Å²) in [6, 6.07) is 17.5. The SMILES string of the molecule is COC(=O)CCc1ccc(N2CN(c3ccc(C#N)cc3)C=N2)cc1. The van der Waals surface area contributed by atoms with Crippen LogP contribution in [0.4, 0.5) is 11.4 Å². The van der Waals surface area contributed by atoms with Gasteiger partial charge in [-0.2, -0.15) is 10.4 Å². The number of hydrazone groups is 1. The number of methoxy groups -OCH3 is 1. The molecule has 1 heterocycles. The molecule has 1 aliphatic rings. The summed E-state index contributed by atoms with van der Waals surface area (Å²) in [6.45, 7) is 0.605. The molecular weight excluding hydrogens is 316 g/mol. The van der Waals surface area contributed by atoms with Crippen molar-refractivity contribution in [2.45, 2.75) is 12.8 Å². The van der Waals surface area contributed by atoms with Crippen LogP contribution < -0.4 is 9.91 Å². The minimum absolute atomic E-state index is 0.203. The van der Waals surface area contributed by atoms with Crippen LogP contribution in [0.5, 0.6) is 0 Å². The fourth-order valence-electron chi connectivity index (χ4n) is 2.55. The Bertz CT molecular complexity index is 807. The Balaban J connectivity index is 1.61. The van der Waals surface area contributed by atoms with Crippen molar-refractivity contribution in [3.8, 4) is 6.07 Å². The Morgan fingerprint density at radius 3 is 2.48 bits per heavy atom. The summed E-state index contributed by atoms with van der Waals surface area (Å²) in [5, 5.41) is 15.2. The second-order valence-corrected chi connectivity index (χ2v) is 5.64. The first-order chi connectivity index (χ1) is 12.2. The minimum Gasteiger partial charge on any atom is -0.469 e. The van der Waals surface area contributed by atoms with E-state index in [4.69, 9.17) is 5.26 Å². The lowest BCUT2D eigenvalue weighted by Crippen LogP contribution is -2.26. The molecular formula is C19H18N4O2. The maximum absolute atomic E-state index is 11.2. The van der Waals surface area contributed by atoms with Gasteiger partial charge in [-0.05, 0) is 48.4 Å². The molecule has 0 atom stereocenters. The van der Waals surface area contributed by atoms with E-state index < -0.39 is 0 Å². The van der Waals surface area contributed by atoms with Crippen molar-refractivity contribution >= 4 is 23.7 Å². The first kappa shape index (κ1) is 16.5. The molecule has 126 valence electrons. The topological polar surface area (TPSA) is 68.9 Å². The van der Waals surface area contributed by atoms with Gasteiger partial charge in [0.1, 0.15) is 13.0 Å². The van der Waals surface area contributed by atoms with Gasteiger partial charge in [0, 0.05) is 12.1 Å². The van der Waals surface area contributed by atoms with Gasteiger partial charge in [-0.1, -0.05) is 12.1 Å². The van der Waals surface area contributed by atoms with Crippen LogP contribution in [0.25, 0.3) is 0 Å². The van der Waals surface area contributed by atoms with Crippen LogP contribution in [-0.4, -0.2) is 26.1 Å². The molecule has 0 bridgehead atoms. The molecule has 25 heavy (non-hydrogen) atoms. The number of anilines is 2. The van der Waals surface area contributed by atoms with Gasteiger partial charge >= 0.3 is 5.97 Å². The molecule has 0 unspecified atom stereocenters. The van der Waals surface area contributed by atoms with E-state index in [-0.39, 0.29) is 5.97 Å². The van der Waals surface area contributed by atoms with E-state index in [2.05, 4.69) is 15.9 Å². The van der Waals surface area contributed by atoms with Gasteiger partial charge in [0.15, 0.2) is 0 Å². The number of carbonyl (C=O) groups is 1. The predicted molar refractivity (Wildman–Crippen MR) is 96.3 cm³/mol. The number of esters is 1. The monoisotopic (exact) mass is 334 g/mol. The number of rotatable bonds is 5. The van der Waals surface area contributed by atoms with E-state index in [1.54, 1.807) is 18.5 Å². The lowest BCUT2D eigenvalue weighted by atomic mass is 10.1. The lowest BCUT2D eigenvalue weighted by molar-refractivity contribution is -0.140. The second-order valence-electron chi connectivity index (χ2n) is 5.64. The molecule has 1 aliphatic heterocycles. The number of nitriles is 1. The summed E-state index contributed by atoms with van der Waals surface area (Å²) in [7, 11) is 1.40. The van der Waals surface area contributed by atoms with Crippen LogP contribution in [0.2, 0.25) is 0 Å². The fourth-order valence-corrected chi connectivity index (χ4v) is 2.55. The van der Waals surface area contributed by atoms with Crippen molar-refractivity contribution in [3.05, 3.63) is 59.7 Å². The van der Waals surface area contributed by atoms with Crippen LogP contribution in [0, 0.1) is 11.3 Å². The van der Waals surface area contributed by atoms with Gasteiger partial charge in [-0.15, -0.1) is 0 Å². The Kier molecular flexibility index (Phi) is 4.95. The lowest BCUT2D eigenvalue weighted by Gasteiger charge is -2.19. The molecule has 6 heteroatoms. The highest BCUT2D eigenvalue weighted by atomic mass is 16.5. The number of carbonyl (C=O) groups excluding carboxylic acids is 1. The molecule has 0 spiro atoms. The van der Waals surface area contributed by atoms with Gasteiger partial charge in [0.25, 0.3) is 0 Å². The second kappa shape index (κ2) is 7.49. The van der Waals surface area contributed by atoms with Crippen molar-refractivity contribution in [2.24, 2.45) is 5.10 Å². The average Bonchev–Trinajstić information content (AvgIpc) is 3.16. The minimum atomic E-state index is -0.203. The largest absolute Gasteiger partial charge is 0.469 e. The zero-order chi connectivity index (χ0) is 17.6. The van der Waals surface area contributed by atoms with E-state index >= 15 is 0 Å². The average molecular weight is 334 g/mol. The standard InChI is InChI=1S/C19H18N4O2/c1-25-19(24)11-6-15-2-9-18(10-3-15)23-14-22(13-21-23)17-7-4-16(12-20)5-8-17/h2-5,7-10,13H,6,11,14H2,1H3. The summed E-state index contributed by atoms with van der Waals surface area (Å²) in [5.41, 5.74) is 3.69. The maximum Gasteiger partial charge on any atom is 0.305 e. The third-order valence-corrected chi connectivity index (χ3v) is 4.02. The van der Waals surface area contributed by atoms with Crippen molar-refractivity contribution in [1.29, 1.82) is 5.26 Å². The summed E-state index contributed by atoms with van der Waals surface area (Å²) < 4.78 is 4.66. The first-order valence-electron chi connectivity index (χ1n) is 7.94. The number of benzene rings is 2. The van der Waals surface area contributed by atoms with Crippen molar-refractivity contribution in [1.82, 2.24) is 0 Å². The molecule has 3 rings (SSSR count). The molecule has 0 saturated heterocycles. The van der Waals surface area contributed by atoms with Gasteiger partial charge < -0.3 is 9.64 Å². The number of ether oxygens (including phenoxy) is 1. The van der Waals surface area contributed by atoms with Crippen LogP contribution in [0.3, 0.4) is 0 Å². The molecule has 2 aromatic rings. The fraction of sp³-hybridized carbons (Fsp3) is 0.211. The number of aryl methyl sites for hydroxylation is 1. The molecule has 0 N–H and O–H groups in total. The summed E-state index contributed by atoms with van der Waals surface area (Å²) >= 11 is 0. The molecule has 0 radical (unpaired) electrons. The Hall–Kier alpha value is -3.33. The zero-order valence-corrected chi connectivity index (χ0v) is 13.9. The third-order valence-electron chi connectivity index (χ3n) is 4.02. The highest BCUT2D eigenvalue weighted by molar-refractivity contribution is 5.83. The van der Waals surface area contributed by atoms with E-state index in [0.29, 0.717) is 25.1 Å². The van der Waals surface area contributed by atoms with Crippen LogP contribution >= 0.6 is 0 Å². The first-order valence-corrected chi connectivity index (χ1v) is 7.94. The predicted octanol–water partition coefficient (Wildman–Crippen LogP) is 2.89. The Labute approximate surface area is 146 Å². The Morgan fingerprint density at radius 2 is 1.84 bits per heavy atom. The maximum atomic E-state index is 11.2. The molecule has 0 aliphatic carbocycles. The molecule has 0 amide bonds. The van der Waals surface area contributed by atoms with Gasteiger partial charge in [0.2, 0.25) is 0 Å². The molecule has 2 aromatic carbocycles. The van der Waals surface area contributed by atoms with Crippen molar-refractivity contribution in [3.63, 3.8) is 0 Å². The van der Waals surface area contributed by atoms with Gasteiger partial charge in [-0.25, -0.2) is 5.01 Å². The summed E-state index contributed by atoms with van der Waals surface area (Å²) in [4.78, 5) is 13.2. The molecule has 0 saturated carbocycles. The quantitative estimate of drug-likeness (QED) is 0.787. The third kappa shape index (κ3) is 3.96. The number of hydrogen-bond acceptors (Lipinski definition) is 6. The number of hydrogen-bond donors (Lipinski definition) is 0. The van der Waals surface area contributed by atoms with Gasteiger partial charge in [0.05, 0.1) is 24.4 Å². The van der Waals surface area contributed by atoms with E-state index in [1.807, 2.05) is 46.3 Å².